The Labute approximate surface area is 137 Å². The molecule has 0 aliphatic carbocycles. The quantitative estimate of drug-likeness (QED) is 0.631. The Kier molecular flexibility index (Phi) is 5.95. The zero-order valence-electron chi connectivity index (χ0n) is 13.4. The average molecular weight is 337 g/mol. The SMILES string of the molecule is CC(NCCNS(=O)(=O)c1ccn(C)c1)c1cccc(CO)c1. The molecule has 3 N–H and O–H groups in total. The van der Waals surface area contributed by atoms with Crippen molar-refractivity contribution in [3.63, 3.8) is 0 Å². The van der Waals surface area contributed by atoms with Gasteiger partial charge in [0.15, 0.2) is 0 Å². The molecule has 1 aromatic carbocycles. The van der Waals surface area contributed by atoms with Gasteiger partial charge in [0.05, 0.1) is 11.5 Å². The van der Waals surface area contributed by atoms with Crippen LogP contribution in [0.15, 0.2) is 47.6 Å². The molecule has 2 rings (SSSR count). The monoisotopic (exact) mass is 337 g/mol. The van der Waals surface area contributed by atoms with Gasteiger partial charge in [-0.25, -0.2) is 13.1 Å². The zero-order chi connectivity index (χ0) is 16.9. The summed E-state index contributed by atoms with van der Waals surface area (Å²) in [4.78, 5) is 0.267. The van der Waals surface area contributed by atoms with Crippen LogP contribution < -0.4 is 10.0 Å². The molecule has 23 heavy (non-hydrogen) atoms. The third kappa shape index (κ3) is 4.90. The fraction of sp³-hybridized carbons (Fsp3) is 0.375. The number of rotatable bonds is 8. The minimum atomic E-state index is -3.46. The van der Waals surface area contributed by atoms with E-state index in [9.17, 15) is 8.42 Å². The minimum absolute atomic E-state index is 0.0113. The Hall–Kier alpha value is -1.67. The summed E-state index contributed by atoms with van der Waals surface area (Å²) in [6.07, 6.45) is 3.27. The summed E-state index contributed by atoms with van der Waals surface area (Å²) in [5.41, 5.74) is 1.92. The normalized spacial score (nSPS) is 13.2. The molecule has 0 bridgehead atoms. The summed E-state index contributed by atoms with van der Waals surface area (Å²) in [5.74, 6) is 0. The van der Waals surface area contributed by atoms with Crippen LogP contribution in [0.3, 0.4) is 0 Å². The summed E-state index contributed by atoms with van der Waals surface area (Å²) in [6, 6.07) is 9.32. The molecular formula is C16H23N3O3S. The number of hydrogen-bond donors (Lipinski definition) is 3. The maximum absolute atomic E-state index is 12.1. The van der Waals surface area contributed by atoms with Gasteiger partial charge in [-0.15, -0.1) is 0 Å². The Morgan fingerprint density at radius 2 is 2.04 bits per heavy atom. The van der Waals surface area contributed by atoms with Crippen LogP contribution in [0.4, 0.5) is 0 Å². The van der Waals surface area contributed by atoms with Gasteiger partial charge in [0.2, 0.25) is 10.0 Å². The molecule has 0 spiro atoms. The highest BCUT2D eigenvalue weighted by molar-refractivity contribution is 7.89. The number of aromatic nitrogens is 1. The van der Waals surface area contributed by atoms with E-state index >= 15 is 0 Å². The minimum Gasteiger partial charge on any atom is -0.392 e. The van der Waals surface area contributed by atoms with Crippen LogP contribution in [0.1, 0.15) is 24.1 Å². The standard InChI is InChI=1S/C16H23N3O3S/c1-13(15-5-3-4-14(10-15)12-20)17-7-8-18-23(21,22)16-6-9-19(2)11-16/h3-6,9-11,13,17-18,20H,7-8,12H2,1-2H3. The van der Waals surface area contributed by atoms with Gasteiger partial charge in [0, 0.05) is 38.6 Å². The van der Waals surface area contributed by atoms with Gasteiger partial charge < -0.3 is 15.0 Å². The Morgan fingerprint density at radius 1 is 1.26 bits per heavy atom. The largest absolute Gasteiger partial charge is 0.392 e. The van der Waals surface area contributed by atoms with Gasteiger partial charge in [0.1, 0.15) is 0 Å². The molecule has 6 nitrogen and oxygen atoms in total. The number of nitrogens with one attached hydrogen (secondary N) is 2. The second-order valence-corrected chi connectivity index (χ2v) is 7.26. The summed E-state index contributed by atoms with van der Waals surface area (Å²) >= 11 is 0. The molecule has 0 fully saturated rings. The molecule has 0 saturated carbocycles. The molecule has 1 atom stereocenters. The molecule has 0 radical (unpaired) electrons. The summed E-state index contributed by atoms with van der Waals surface area (Å²) in [6.45, 7) is 2.83. The van der Waals surface area contributed by atoms with E-state index in [1.54, 1.807) is 30.1 Å². The van der Waals surface area contributed by atoms with Gasteiger partial charge >= 0.3 is 0 Å². The molecule has 1 heterocycles. The molecule has 1 unspecified atom stereocenters. The highest BCUT2D eigenvalue weighted by Crippen LogP contribution is 2.14. The molecule has 0 aliphatic heterocycles. The number of hydrogen-bond acceptors (Lipinski definition) is 4. The lowest BCUT2D eigenvalue weighted by Crippen LogP contribution is -2.32. The maximum atomic E-state index is 12.1. The lowest BCUT2D eigenvalue weighted by Gasteiger charge is -2.15. The lowest BCUT2D eigenvalue weighted by molar-refractivity contribution is 0.281. The molecule has 7 heteroatoms. The summed E-state index contributed by atoms with van der Waals surface area (Å²) in [7, 11) is -1.68. The predicted octanol–water partition coefficient (Wildman–Crippen LogP) is 1.15. The molecule has 2 aromatic rings. The first-order chi connectivity index (χ1) is 10.9. The van der Waals surface area contributed by atoms with Crippen molar-refractivity contribution in [2.45, 2.75) is 24.5 Å². The molecule has 0 amide bonds. The smallest absolute Gasteiger partial charge is 0.242 e. The van der Waals surface area contributed by atoms with Crippen LogP contribution in [-0.2, 0) is 23.7 Å². The fourth-order valence-electron chi connectivity index (χ4n) is 2.27. The molecular weight excluding hydrogens is 314 g/mol. The fourth-order valence-corrected chi connectivity index (χ4v) is 3.36. The van der Waals surface area contributed by atoms with Crippen molar-refractivity contribution in [3.8, 4) is 0 Å². The van der Waals surface area contributed by atoms with E-state index in [2.05, 4.69) is 10.0 Å². The van der Waals surface area contributed by atoms with Crippen LogP contribution in [0.25, 0.3) is 0 Å². The summed E-state index contributed by atoms with van der Waals surface area (Å²) < 4.78 is 28.4. The Morgan fingerprint density at radius 3 is 2.70 bits per heavy atom. The van der Waals surface area contributed by atoms with Crippen molar-refractivity contribution < 1.29 is 13.5 Å². The predicted molar refractivity (Wildman–Crippen MR) is 89.4 cm³/mol. The first-order valence-corrected chi connectivity index (χ1v) is 8.95. The molecule has 126 valence electrons. The van der Waals surface area contributed by atoms with Crippen molar-refractivity contribution in [3.05, 3.63) is 53.9 Å². The van der Waals surface area contributed by atoms with Gasteiger partial charge in [0.25, 0.3) is 0 Å². The van der Waals surface area contributed by atoms with Crippen LogP contribution in [0, 0.1) is 0 Å². The van der Waals surface area contributed by atoms with E-state index in [4.69, 9.17) is 5.11 Å². The van der Waals surface area contributed by atoms with E-state index in [1.165, 1.54) is 0 Å². The van der Waals surface area contributed by atoms with Crippen molar-refractivity contribution >= 4 is 10.0 Å². The summed E-state index contributed by atoms with van der Waals surface area (Å²) in [5, 5.41) is 12.4. The van der Waals surface area contributed by atoms with Crippen LogP contribution in [-0.4, -0.2) is 31.2 Å². The van der Waals surface area contributed by atoms with Crippen molar-refractivity contribution in [1.29, 1.82) is 0 Å². The average Bonchev–Trinajstić information content (AvgIpc) is 2.99. The lowest BCUT2D eigenvalue weighted by atomic mass is 10.1. The number of benzene rings is 1. The Balaban J connectivity index is 1.82. The first-order valence-electron chi connectivity index (χ1n) is 7.47. The van der Waals surface area contributed by atoms with Crippen molar-refractivity contribution in [2.75, 3.05) is 13.1 Å². The number of aliphatic hydroxyl groups excluding tert-OH is 1. The van der Waals surface area contributed by atoms with Crippen molar-refractivity contribution in [1.82, 2.24) is 14.6 Å². The third-order valence-electron chi connectivity index (χ3n) is 3.62. The van der Waals surface area contributed by atoms with Crippen LogP contribution in [0.5, 0.6) is 0 Å². The number of aryl methyl sites for hydroxylation is 1. The van der Waals surface area contributed by atoms with Gasteiger partial charge in [-0.05, 0) is 24.1 Å². The van der Waals surface area contributed by atoms with Crippen LogP contribution in [0.2, 0.25) is 0 Å². The first kappa shape index (κ1) is 17.7. The number of aliphatic hydroxyl groups is 1. The second kappa shape index (κ2) is 7.74. The van der Waals surface area contributed by atoms with Gasteiger partial charge in [-0.1, -0.05) is 24.3 Å². The maximum Gasteiger partial charge on any atom is 0.242 e. The topological polar surface area (TPSA) is 83.4 Å². The molecule has 0 saturated heterocycles. The van der Waals surface area contributed by atoms with E-state index in [0.717, 1.165) is 11.1 Å². The van der Waals surface area contributed by atoms with E-state index in [1.807, 2.05) is 31.2 Å². The zero-order valence-corrected chi connectivity index (χ0v) is 14.2. The highest BCUT2D eigenvalue weighted by atomic mass is 32.2. The number of sulfonamides is 1. The molecule has 0 aliphatic rings. The van der Waals surface area contributed by atoms with Crippen LogP contribution >= 0.6 is 0 Å². The second-order valence-electron chi connectivity index (χ2n) is 5.49. The van der Waals surface area contributed by atoms with E-state index in [0.29, 0.717) is 13.1 Å². The highest BCUT2D eigenvalue weighted by Gasteiger charge is 2.14. The molecule has 1 aromatic heterocycles. The van der Waals surface area contributed by atoms with Gasteiger partial charge in [-0.2, -0.15) is 0 Å². The third-order valence-corrected chi connectivity index (χ3v) is 5.06. The van der Waals surface area contributed by atoms with E-state index in [-0.39, 0.29) is 17.5 Å². The Bertz CT molecular complexity index is 741. The van der Waals surface area contributed by atoms with Gasteiger partial charge in [-0.3, -0.25) is 0 Å². The van der Waals surface area contributed by atoms with Crippen molar-refractivity contribution in [2.24, 2.45) is 7.05 Å². The number of nitrogens with zero attached hydrogens (tertiary/aromatic N) is 1. The van der Waals surface area contributed by atoms with E-state index < -0.39 is 10.0 Å².